The highest BCUT2D eigenvalue weighted by Gasteiger charge is 2.26. The lowest BCUT2D eigenvalue weighted by Gasteiger charge is -2.39. The van der Waals surface area contributed by atoms with Gasteiger partial charge >= 0.3 is 0 Å². The monoisotopic (exact) mass is 621 g/mol. The van der Waals surface area contributed by atoms with Crippen LogP contribution in [0.25, 0.3) is 38.5 Å². The van der Waals surface area contributed by atoms with Crippen molar-refractivity contribution in [1.29, 1.82) is 0 Å². The van der Waals surface area contributed by atoms with Crippen LogP contribution in [-0.4, -0.2) is 69.6 Å². The van der Waals surface area contributed by atoms with E-state index < -0.39 is 0 Å². The summed E-state index contributed by atoms with van der Waals surface area (Å²) in [6.45, 7) is 10.1. The molecule has 0 spiro atoms. The number of imidazole rings is 1. The first-order valence-corrected chi connectivity index (χ1v) is 16.0. The molecule has 1 saturated heterocycles. The Balaban J connectivity index is 1.07. The van der Waals surface area contributed by atoms with Gasteiger partial charge in [-0.3, -0.25) is 9.69 Å². The summed E-state index contributed by atoms with van der Waals surface area (Å²) in [5, 5.41) is 6.36. The molecule has 3 aromatic heterocycles. The molecule has 0 bridgehead atoms. The van der Waals surface area contributed by atoms with Gasteiger partial charge in [0.25, 0.3) is 5.91 Å². The zero-order valence-corrected chi connectivity index (χ0v) is 26.6. The van der Waals surface area contributed by atoms with Gasteiger partial charge in [-0.15, -0.1) is 0 Å². The third-order valence-corrected chi connectivity index (χ3v) is 9.32. The van der Waals surface area contributed by atoms with Gasteiger partial charge in [0.05, 0.1) is 13.3 Å². The Bertz CT molecular complexity index is 1960. The van der Waals surface area contributed by atoms with Crippen LogP contribution in [0.3, 0.4) is 0 Å². The summed E-state index contributed by atoms with van der Waals surface area (Å²) in [6, 6.07) is 22.1. The number of benzene rings is 3. The maximum Gasteiger partial charge on any atom is 0.253 e. The number of ether oxygens (including phenoxy) is 2. The summed E-state index contributed by atoms with van der Waals surface area (Å²) in [6.07, 6.45) is 1.88. The van der Waals surface area contributed by atoms with Crippen molar-refractivity contribution >= 4 is 33.2 Å². The standard InChI is InChI=1S/C35H35N5O4S/c1-5-38-13-14-39(19-22(38)2)34(41)25-11-9-24(10-12-25)26-7-6-8-28(15-26)43-21-27-16-29(42-4)17-32-30(27)18-33(44-32)31-20-40-35(36-31)45-23(3)37-40/h6-12,15-18,20,22H,5,13-14,19,21H2,1-4H3/t22-/m0/s1. The third kappa shape index (κ3) is 5.79. The van der Waals surface area contributed by atoms with Gasteiger partial charge in [0.2, 0.25) is 4.96 Å². The van der Waals surface area contributed by atoms with Crippen LogP contribution in [0.1, 0.15) is 34.8 Å². The Hall–Kier alpha value is -4.67. The number of amides is 1. The summed E-state index contributed by atoms with van der Waals surface area (Å²) in [5.41, 5.74) is 5.12. The predicted octanol–water partition coefficient (Wildman–Crippen LogP) is 6.93. The molecule has 4 heterocycles. The zero-order valence-electron chi connectivity index (χ0n) is 25.8. The number of likely N-dealkylation sites (N-methyl/N-ethyl adjacent to an activating group) is 1. The lowest BCUT2D eigenvalue weighted by molar-refractivity contribution is 0.0528. The number of carbonyl (C=O) groups is 1. The highest BCUT2D eigenvalue weighted by Crippen LogP contribution is 2.34. The van der Waals surface area contributed by atoms with Gasteiger partial charge in [0.15, 0.2) is 5.76 Å². The van der Waals surface area contributed by atoms with Gasteiger partial charge in [-0.2, -0.15) is 5.10 Å². The lowest BCUT2D eigenvalue weighted by Crippen LogP contribution is -2.53. The number of hydrogen-bond acceptors (Lipinski definition) is 8. The van der Waals surface area contributed by atoms with E-state index in [9.17, 15) is 4.79 Å². The summed E-state index contributed by atoms with van der Waals surface area (Å²) >= 11 is 1.54. The summed E-state index contributed by atoms with van der Waals surface area (Å²) < 4.78 is 19.9. The van der Waals surface area contributed by atoms with Crippen LogP contribution in [0.2, 0.25) is 0 Å². The molecule has 230 valence electrons. The topological polar surface area (TPSA) is 85.3 Å². The molecular formula is C35H35N5O4S. The fourth-order valence-corrected chi connectivity index (χ4v) is 6.75. The van der Waals surface area contributed by atoms with Gasteiger partial charge in [0.1, 0.15) is 34.4 Å². The van der Waals surface area contributed by atoms with Crippen molar-refractivity contribution in [2.75, 3.05) is 33.3 Å². The van der Waals surface area contributed by atoms with Crippen molar-refractivity contribution in [3.05, 3.63) is 89.1 Å². The number of piperazine rings is 1. The second-order valence-corrected chi connectivity index (χ2v) is 12.6. The molecule has 0 radical (unpaired) electrons. The molecule has 1 aliphatic heterocycles. The Morgan fingerprint density at radius 3 is 2.64 bits per heavy atom. The minimum absolute atomic E-state index is 0.0905. The SMILES string of the molecule is CCN1CCN(C(=O)c2ccc(-c3cccc(OCc4cc(OC)cc5oc(-c6cn7nc(C)sc7n6)cc45)c3)cc2)C[C@@H]1C. The molecule has 45 heavy (non-hydrogen) atoms. The van der Waals surface area contributed by atoms with E-state index in [-0.39, 0.29) is 5.91 Å². The molecule has 0 unspecified atom stereocenters. The second-order valence-electron chi connectivity index (χ2n) is 11.4. The largest absolute Gasteiger partial charge is 0.497 e. The van der Waals surface area contributed by atoms with E-state index in [0.717, 1.165) is 69.7 Å². The molecule has 1 aliphatic rings. The molecule has 1 atom stereocenters. The van der Waals surface area contributed by atoms with Crippen molar-refractivity contribution in [2.24, 2.45) is 0 Å². The Morgan fingerprint density at radius 1 is 1.04 bits per heavy atom. The Kier molecular flexibility index (Phi) is 7.76. The van der Waals surface area contributed by atoms with Crippen molar-refractivity contribution < 1.29 is 18.7 Å². The zero-order chi connectivity index (χ0) is 31.1. The first kappa shape index (κ1) is 29.1. The van der Waals surface area contributed by atoms with Crippen LogP contribution in [0.5, 0.6) is 11.5 Å². The van der Waals surface area contributed by atoms with Gasteiger partial charge in [0, 0.05) is 48.3 Å². The lowest BCUT2D eigenvalue weighted by atomic mass is 10.0. The Morgan fingerprint density at radius 2 is 1.89 bits per heavy atom. The smallest absolute Gasteiger partial charge is 0.253 e. The fourth-order valence-electron chi connectivity index (χ4n) is 6.03. The van der Waals surface area contributed by atoms with Crippen molar-refractivity contribution in [2.45, 2.75) is 33.4 Å². The molecule has 7 rings (SSSR count). The average molecular weight is 622 g/mol. The van der Waals surface area contributed by atoms with Crippen LogP contribution < -0.4 is 9.47 Å². The predicted molar refractivity (Wildman–Crippen MR) is 176 cm³/mol. The first-order valence-electron chi connectivity index (χ1n) is 15.2. The second kappa shape index (κ2) is 12.0. The number of aryl methyl sites for hydroxylation is 1. The number of rotatable bonds is 8. The quantitative estimate of drug-likeness (QED) is 0.182. The summed E-state index contributed by atoms with van der Waals surface area (Å²) in [5.74, 6) is 2.19. The van der Waals surface area contributed by atoms with Crippen molar-refractivity contribution in [1.82, 2.24) is 24.4 Å². The van der Waals surface area contributed by atoms with E-state index in [1.165, 1.54) is 11.3 Å². The van der Waals surface area contributed by atoms with Crippen LogP contribution in [0.15, 0.2) is 77.3 Å². The number of carbonyl (C=O) groups excluding carboxylic acids is 1. The van der Waals surface area contributed by atoms with Gasteiger partial charge in [-0.25, -0.2) is 9.50 Å². The van der Waals surface area contributed by atoms with Gasteiger partial charge < -0.3 is 18.8 Å². The molecule has 9 nitrogen and oxygen atoms in total. The number of methoxy groups -OCH3 is 1. The molecule has 1 amide bonds. The van der Waals surface area contributed by atoms with E-state index in [2.05, 4.69) is 23.8 Å². The Labute approximate surface area is 265 Å². The van der Waals surface area contributed by atoms with Crippen LogP contribution in [0.4, 0.5) is 0 Å². The van der Waals surface area contributed by atoms with E-state index >= 15 is 0 Å². The number of furan rings is 1. The van der Waals surface area contributed by atoms with Crippen LogP contribution in [-0.2, 0) is 6.61 Å². The number of aromatic nitrogens is 3. The average Bonchev–Trinajstić information content (AvgIpc) is 3.76. The molecule has 1 fully saturated rings. The molecule has 0 N–H and O–H groups in total. The number of nitrogens with zero attached hydrogens (tertiary/aromatic N) is 5. The third-order valence-electron chi connectivity index (χ3n) is 8.48. The van der Waals surface area contributed by atoms with E-state index in [0.29, 0.717) is 35.3 Å². The molecule has 10 heteroatoms. The van der Waals surface area contributed by atoms with Gasteiger partial charge in [-0.1, -0.05) is 42.5 Å². The summed E-state index contributed by atoms with van der Waals surface area (Å²) in [7, 11) is 1.64. The fraction of sp³-hybridized carbons (Fsp3) is 0.286. The number of hydrogen-bond donors (Lipinski definition) is 0. The maximum atomic E-state index is 13.2. The molecule has 0 aliphatic carbocycles. The van der Waals surface area contributed by atoms with E-state index in [1.54, 1.807) is 11.6 Å². The van der Waals surface area contributed by atoms with Crippen molar-refractivity contribution in [3.8, 4) is 34.1 Å². The summed E-state index contributed by atoms with van der Waals surface area (Å²) in [4.78, 5) is 23.1. The maximum absolute atomic E-state index is 13.2. The molecule has 3 aromatic carbocycles. The molecular weight excluding hydrogens is 586 g/mol. The molecule has 6 aromatic rings. The van der Waals surface area contributed by atoms with Crippen LogP contribution >= 0.6 is 11.3 Å². The minimum atomic E-state index is 0.0905. The highest BCUT2D eigenvalue weighted by atomic mass is 32.1. The van der Waals surface area contributed by atoms with Crippen molar-refractivity contribution in [3.63, 3.8) is 0 Å². The van der Waals surface area contributed by atoms with Crippen LogP contribution in [0, 0.1) is 6.92 Å². The van der Waals surface area contributed by atoms with E-state index in [1.807, 2.05) is 84.8 Å². The number of fused-ring (bicyclic) bond motifs is 2. The normalized spacial score (nSPS) is 15.6. The minimum Gasteiger partial charge on any atom is -0.497 e. The molecule has 0 saturated carbocycles. The highest BCUT2D eigenvalue weighted by molar-refractivity contribution is 7.16. The van der Waals surface area contributed by atoms with Gasteiger partial charge in [-0.05, 0) is 67.9 Å². The van der Waals surface area contributed by atoms with E-state index in [4.69, 9.17) is 18.9 Å². The first-order chi connectivity index (χ1) is 21.9.